The molecular weight excluding hydrogens is 355 g/mol. The van der Waals surface area contributed by atoms with Crippen molar-refractivity contribution in [1.82, 2.24) is 5.32 Å². The van der Waals surface area contributed by atoms with Crippen LogP contribution < -0.4 is 10.2 Å². The van der Waals surface area contributed by atoms with Crippen LogP contribution in [0.4, 0.5) is 20.6 Å². The Hall–Kier alpha value is -2.56. The molecule has 0 aromatic heterocycles. The maximum Gasteiger partial charge on any atom is 0.407 e. The molecule has 0 bridgehead atoms. The van der Waals surface area contributed by atoms with Crippen molar-refractivity contribution in [3.63, 3.8) is 0 Å². The van der Waals surface area contributed by atoms with Crippen LogP contribution in [0.5, 0.6) is 0 Å². The molecule has 3 rings (SSSR count). The van der Waals surface area contributed by atoms with E-state index < -0.39 is 5.60 Å². The zero-order valence-electron chi connectivity index (χ0n) is 17.1. The number of hydrogen-bond donors (Lipinski definition) is 1. The molecule has 0 heterocycles. The van der Waals surface area contributed by atoms with Gasteiger partial charge in [0.1, 0.15) is 11.4 Å². The minimum absolute atomic E-state index is 0.240. The molecule has 4 nitrogen and oxygen atoms in total. The van der Waals surface area contributed by atoms with Crippen molar-refractivity contribution >= 4 is 17.5 Å². The Balaban J connectivity index is 1.72. The van der Waals surface area contributed by atoms with Gasteiger partial charge in [0.05, 0.1) is 0 Å². The highest BCUT2D eigenvalue weighted by Gasteiger charge is 2.23. The van der Waals surface area contributed by atoms with E-state index in [2.05, 4.69) is 23.5 Å². The summed E-state index contributed by atoms with van der Waals surface area (Å²) in [7, 11) is 1.95. The van der Waals surface area contributed by atoms with Crippen LogP contribution in [0.3, 0.4) is 0 Å². The first kappa shape index (κ1) is 20.2. The van der Waals surface area contributed by atoms with Crippen LogP contribution >= 0.6 is 0 Å². The van der Waals surface area contributed by atoms with Gasteiger partial charge in [0, 0.05) is 30.9 Å². The fourth-order valence-electron chi connectivity index (χ4n) is 3.68. The predicted octanol–water partition coefficient (Wildman–Crippen LogP) is 5.54. The zero-order chi connectivity index (χ0) is 20.3. The Bertz CT molecular complexity index is 845. The first-order valence-electron chi connectivity index (χ1n) is 9.82. The molecule has 0 saturated carbocycles. The number of amides is 1. The molecule has 1 N–H and O–H groups in total. The molecule has 2 aromatic carbocycles. The van der Waals surface area contributed by atoms with Gasteiger partial charge in [-0.25, -0.2) is 9.18 Å². The average molecular weight is 384 g/mol. The van der Waals surface area contributed by atoms with E-state index in [1.54, 1.807) is 6.07 Å². The maximum atomic E-state index is 13.5. The molecular formula is C23H29FN2O2. The van der Waals surface area contributed by atoms with E-state index in [1.807, 2.05) is 38.8 Å². The Morgan fingerprint density at radius 1 is 1.21 bits per heavy atom. The number of aryl methyl sites for hydroxylation is 1. The summed E-state index contributed by atoms with van der Waals surface area (Å²) in [5, 5.41) is 2.91. The normalized spacial score (nSPS) is 16.2. The highest BCUT2D eigenvalue weighted by Crippen LogP contribution is 2.35. The summed E-state index contributed by atoms with van der Waals surface area (Å²) in [5.74, 6) is 0.0420. The Morgan fingerprint density at radius 2 is 1.96 bits per heavy atom. The molecule has 0 spiro atoms. The quantitative estimate of drug-likeness (QED) is 0.753. The number of carbonyl (C=O) groups excluding carboxylic acids is 1. The van der Waals surface area contributed by atoms with Crippen molar-refractivity contribution in [2.75, 3.05) is 18.5 Å². The SMILES string of the molecule is CN(c1cccc(F)c1)c1ccc2c(c1)CCC[C@H]2CNC(=O)OC(C)(C)C. The number of hydrogen-bond acceptors (Lipinski definition) is 3. The summed E-state index contributed by atoms with van der Waals surface area (Å²) < 4.78 is 18.9. The van der Waals surface area contributed by atoms with Gasteiger partial charge in [-0.2, -0.15) is 0 Å². The van der Waals surface area contributed by atoms with Crippen molar-refractivity contribution < 1.29 is 13.9 Å². The van der Waals surface area contributed by atoms with Crippen molar-refractivity contribution in [2.24, 2.45) is 0 Å². The van der Waals surface area contributed by atoms with E-state index in [9.17, 15) is 9.18 Å². The van der Waals surface area contributed by atoms with Crippen LogP contribution in [0.25, 0.3) is 0 Å². The van der Waals surface area contributed by atoms with E-state index in [4.69, 9.17) is 4.74 Å². The summed E-state index contributed by atoms with van der Waals surface area (Å²) in [6.07, 6.45) is 2.77. The molecule has 0 radical (unpaired) electrons. The van der Waals surface area contributed by atoms with Crippen LogP contribution in [0, 0.1) is 5.82 Å². The number of benzene rings is 2. The number of nitrogens with one attached hydrogen (secondary N) is 1. The van der Waals surface area contributed by atoms with Gasteiger partial charge in [-0.1, -0.05) is 12.1 Å². The molecule has 150 valence electrons. The Labute approximate surface area is 166 Å². The Morgan fingerprint density at radius 3 is 2.68 bits per heavy atom. The lowest BCUT2D eigenvalue weighted by atomic mass is 9.82. The minimum Gasteiger partial charge on any atom is -0.444 e. The van der Waals surface area contributed by atoms with Crippen LogP contribution in [-0.4, -0.2) is 25.3 Å². The van der Waals surface area contributed by atoms with Crippen molar-refractivity contribution in [1.29, 1.82) is 0 Å². The van der Waals surface area contributed by atoms with Gasteiger partial charge >= 0.3 is 6.09 Å². The maximum absolute atomic E-state index is 13.5. The second kappa shape index (κ2) is 8.21. The molecule has 1 atom stereocenters. The molecule has 2 aromatic rings. The van der Waals surface area contributed by atoms with Crippen LogP contribution in [0.2, 0.25) is 0 Å². The summed E-state index contributed by atoms with van der Waals surface area (Å²) in [6, 6.07) is 13.0. The standard InChI is InChI=1S/C23H29FN2O2/c1-23(2,3)28-22(27)25-15-17-8-5-7-16-13-20(11-12-21(16)17)26(4)19-10-6-9-18(24)14-19/h6,9-14,17H,5,7-8,15H2,1-4H3,(H,25,27)/t17-/m0/s1. The smallest absolute Gasteiger partial charge is 0.407 e. The van der Waals surface area contributed by atoms with E-state index in [0.29, 0.717) is 6.54 Å². The van der Waals surface area contributed by atoms with Crippen LogP contribution in [0.15, 0.2) is 42.5 Å². The lowest BCUT2D eigenvalue weighted by molar-refractivity contribution is 0.0523. The lowest BCUT2D eigenvalue weighted by Crippen LogP contribution is -2.35. The number of carbonyl (C=O) groups is 1. The topological polar surface area (TPSA) is 41.6 Å². The number of ether oxygens (including phenoxy) is 1. The van der Waals surface area contributed by atoms with Gasteiger partial charge in [0.15, 0.2) is 0 Å². The van der Waals surface area contributed by atoms with Gasteiger partial charge in [0.25, 0.3) is 0 Å². The summed E-state index contributed by atoms with van der Waals surface area (Å²) >= 11 is 0. The van der Waals surface area contributed by atoms with E-state index in [1.165, 1.54) is 23.3 Å². The fraction of sp³-hybridized carbons (Fsp3) is 0.435. The van der Waals surface area contributed by atoms with Crippen LogP contribution in [0.1, 0.15) is 50.7 Å². The highest BCUT2D eigenvalue weighted by molar-refractivity contribution is 5.68. The number of fused-ring (bicyclic) bond motifs is 1. The summed E-state index contributed by atoms with van der Waals surface area (Å²) in [5.41, 5.74) is 3.93. The van der Waals surface area contributed by atoms with Gasteiger partial charge in [0.2, 0.25) is 0 Å². The number of rotatable bonds is 4. The third kappa shape index (κ3) is 5.03. The van der Waals surface area contributed by atoms with Crippen molar-refractivity contribution in [3.05, 3.63) is 59.4 Å². The third-order valence-electron chi connectivity index (χ3n) is 5.04. The highest BCUT2D eigenvalue weighted by atomic mass is 19.1. The number of halogens is 1. The third-order valence-corrected chi connectivity index (χ3v) is 5.04. The molecule has 1 aliphatic carbocycles. The second-order valence-electron chi connectivity index (χ2n) is 8.39. The number of nitrogens with zero attached hydrogens (tertiary/aromatic N) is 1. The molecule has 1 amide bonds. The van der Waals surface area contributed by atoms with Gasteiger partial charge in [-0.15, -0.1) is 0 Å². The van der Waals surface area contributed by atoms with E-state index in [-0.39, 0.29) is 17.8 Å². The zero-order valence-corrected chi connectivity index (χ0v) is 17.1. The van der Waals surface area contributed by atoms with Gasteiger partial charge in [-0.3, -0.25) is 0 Å². The Kier molecular flexibility index (Phi) is 5.92. The molecule has 5 heteroatoms. The fourth-order valence-corrected chi connectivity index (χ4v) is 3.68. The van der Waals surface area contributed by atoms with Gasteiger partial charge in [-0.05, 0) is 81.5 Å². The largest absolute Gasteiger partial charge is 0.444 e. The monoisotopic (exact) mass is 384 g/mol. The van der Waals surface area contributed by atoms with Crippen LogP contribution in [-0.2, 0) is 11.2 Å². The lowest BCUT2D eigenvalue weighted by Gasteiger charge is -2.28. The predicted molar refractivity (Wildman–Crippen MR) is 111 cm³/mol. The molecule has 1 aliphatic rings. The first-order valence-corrected chi connectivity index (χ1v) is 9.82. The first-order chi connectivity index (χ1) is 13.2. The van der Waals surface area contributed by atoms with E-state index >= 15 is 0 Å². The number of anilines is 2. The number of alkyl carbamates (subject to hydrolysis) is 1. The molecule has 0 unspecified atom stereocenters. The van der Waals surface area contributed by atoms with Gasteiger partial charge < -0.3 is 15.0 Å². The van der Waals surface area contributed by atoms with E-state index in [0.717, 1.165) is 30.6 Å². The average Bonchev–Trinajstić information content (AvgIpc) is 2.64. The molecule has 0 saturated heterocycles. The summed E-state index contributed by atoms with van der Waals surface area (Å²) in [4.78, 5) is 14.0. The summed E-state index contributed by atoms with van der Waals surface area (Å²) in [6.45, 7) is 6.15. The van der Waals surface area contributed by atoms with Crippen molar-refractivity contribution in [3.8, 4) is 0 Å². The second-order valence-corrected chi connectivity index (χ2v) is 8.39. The molecule has 0 fully saturated rings. The minimum atomic E-state index is -0.495. The molecule has 0 aliphatic heterocycles. The molecule has 28 heavy (non-hydrogen) atoms. The van der Waals surface area contributed by atoms with Crippen molar-refractivity contribution in [2.45, 2.75) is 51.6 Å².